The van der Waals surface area contributed by atoms with Crippen molar-refractivity contribution in [2.75, 3.05) is 5.75 Å². The lowest BCUT2D eigenvalue weighted by Gasteiger charge is -1.87. The molecule has 0 N–H and O–H groups in total. The first kappa shape index (κ1) is 7.05. The van der Waals surface area contributed by atoms with Crippen molar-refractivity contribution in [1.82, 2.24) is 0 Å². The molecule has 7 heavy (non-hydrogen) atoms. The maximum atomic E-state index is 3.85. The normalized spacial score (nSPS) is 16.0. The Bertz CT molecular complexity index is 77.7. The highest BCUT2D eigenvalue weighted by Gasteiger charge is 1.78. The number of hydrogen-bond donors (Lipinski definition) is 0. The highest BCUT2D eigenvalue weighted by Crippen LogP contribution is 2.02. The van der Waals surface area contributed by atoms with E-state index < -0.39 is 0 Å². The lowest BCUT2D eigenvalue weighted by Crippen LogP contribution is -1.77. The first-order valence-corrected chi connectivity index (χ1v) is 2.83. The Kier molecular flexibility index (Phi) is 4.25. The van der Waals surface area contributed by atoms with Gasteiger partial charge in [0.05, 0.1) is 0 Å². The van der Waals surface area contributed by atoms with Gasteiger partial charge in [-0.1, -0.05) is 0 Å². The van der Waals surface area contributed by atoms with Crippen LogP contribution in [0.5, 0.6) is 0 Å². The van der Waals surface area contributed by atoms with E-state index in [2.05, 4.69) is 4.99 Å². The fraction of sp³-hybridized carbons (Fsp3) is 0.250. The van der Waals surface area contributed by atoms with Crippen molar-refractivity contribution in [1.29, 1.82) is 0 Å². The molecular formula is C4H6ClNS. The summed E-state index contributed by atoms with van der Waals surface area (Å²) in [6.45, 7) is 0. The first-order valence-electron chi connectivity index (χ1n) is 1.78. The van der Waals surface area contributed by atoms with Crippen LogP contribution in [0.1, 0.15) is 0 Å². The van der Waals surface area contributed by atoms with Crippen molar-refractivity contribution in [2.45, 2.75) is 0 Å². The third-order valence-corrected chi connectivity index (χ3v) is 1.18. The summed E-state index contributed by atoms with van der Waals surface area (Å²) in [4.78, 5) is 3.85. The minimum absolute atomic E-state index is 0. The highest BCUT2D eigenvalue weighted by molar-refractivity contribution is 8.02. The molecule has 0 saturated heterocycles. The third kappa shape index (κ3) is 2.71. The van der Waals surface area contributed by atoms with Crippen LogP contribution in [-0.4, -0.2) is 12.0 Å². The zero-order valence-electron chi connectivity index (χ0n) is 3.70. The molecule has 0 aromatic rings. The van der Waals surface area contributed by atoms with Crippen molar-refractivity contribution < 1.29 is 0 Å². The van der Waals surface area contributed by atoms with E-state index >= 15 is 0 Å². The maximum absolute atomic E-state index is 3.85. The number of rotatable bonds is 0. The molecule has 0 atom stereocenters. The maximum Gasteiger partial charge on any atom is 0.0330 e. The van der Waals surface area contributed by atoms with Crippen molar-refractivity contribution in [3.63, 3.8) is 0 Å². The predicted octanol–water partition coefficient (Wildman–Crippen LogP) is 1.70. The zero-order chi connectivity index (χ0) is 4.24. The molecular weight excluding hydrogens is 130 g/mol. The fourth-order valence-corrected chi connectivity index (χ4v) is 0.720. The van der Waals surface area contributed by atoms with Gasteiger partial charge in [0.25, 0.3) is 0 Å². The summed E-state index contributed by atoms with van der Waals surface area (Å²) in [6, 6.07) is 0. The van der Waals surface area contributed by atoms with Crippen LogP contribution >= 0.6 is 24.2 Å². The molecule has 0 unspecified atom stereocenters. The smallest absolute Gasteiger partial charge is 0.0330 e. The molecule has 0 saturated carbocycles. The van der Waals surface area contributed by atoms with Crippen molar-refractivity contribution in [3.05, 3.63) is 11.6 Å². The van der Waals surface area contributed by atoms with E-state index in [0.29, 0.717) is 0 Å². The van der Waals surface area contributed by atoms with Crippen molar-refractivity contribution >= 4 is 30.4 Å². The molecule has 0 radical (unpaired) electrons. The number of halogens is 1. The van der Waals surface area contributed by atoms with E-state index in [1.165, 1.54) is 0 Å². The van der Waals surface area contributed by atoms with Crippen LogP contribution in [0.2, 0.25) is 0 Å². The molecule has 0 fully saturated rings. The molecule has 3 heteroatoms. The summed E-state index contributed by atoms with van der Waals surface area (Å²) in [7, 11) is 0. The molecule has 0 aliphatic carbocycles. The van der Waals surface area contributed by atoms with Gasteiger partial charge >= 0.3 is 0 Å². The third-order valence-electron chi connectivity index (χ3n) is 0.519. The predicted molar refractivity (Wildman–Crippen MR) is 37.3 cm³/mol. The van der Waals surface area contributed by atoms with Gasteiger partial charge in [-0.05, 0) is 5.41 Å². The van der Waals surface area contributed by atoms with Crippen LogP contribution in [0.15, 0.2) is 16.6 Å². The van der Waals surface area contributed by atoms with E-state index in [9.17, 15) is 0 Å². The van der Waals surface area contributed by atoms with E-state index in [4.69, 9.17) is 0 Å². The number of thioether (sulfide) groups is 1. The van der Waals surface area contributed by atoms with Gasteiger partial charge in [0, 0.05) is 18.2 Å². The van der Waals surface area contributed by atoms with E-state index in [1.807, 2.05) is 11.6 Å². The Balaban J connectivity index is 0.000000360. The Labute approximate surface area is 53.3 Å². The average Bonchev–Trinajstić information content (AvgIpc) is 1.72. The molecule has 1 heterocycles. The summed E-state index contributed by atoms with van der Waals surface area (Å²) in [5.41, 5.74) is 0. The van der Waals surface area contributed by atoms with Crippen LogP contribution in [0.4, 0.5) is 0 Å². The quantitative estimate of drug-likeness (QED) is 0.493. The Hall–Kier alpha value is 0.0500. The van der Waals surface area contributed by atoms with Gasteiger partial charge < -0.3 is 0 Å². The minimum atomic E-state index is 0. The van der Waals surface area contributed by atoms with Gasteiger partial charge in [0.2, 0.25) is 0 Å². The largest absolute Gasteiger partial charge is 0.268 e. The molecule has 40 valence electrons. The second-order valence-electron chi connectivity index (χ2n) is 0.950. The van der Waals surface area contributed by atoms with Crippen LogP contribution in [0.3, 0.4) is 0 Å². The average molecular weight is 136 g/mol. The van der Waals surface area contributed by atoms with Crippen LogP contribution < -0.4 is 0 Å². The number of hydrogen-bond acceptors (Lipinski definition) is 2. The van der Waals surface area contributed by atoms with E-state index in [0.717, 1.165) is 5.75 Å². The zero-order valence-corrected chi connectivity index (χ0v) is 5.34. The standard InChI is InChI=1S/C4H5NS.ClH/c1-3-6-4-2-5-1;/h1-3H,4H2;1H. The molecule has 0 spiro atoms. The van der Waals surface area contributed by atoms with Gasteiger partial charge in [-0.25, -0.2) is 0 Å². The lowest BCUT2D eigenvalue weighted by molar-refractivity contribution is 1.59. The number of nitrogens with zero attached hydrogens (tertiary/aromatic N) is 1. The van der Waals surface area contributed by atoms with E-state index in [1.54, 1.807) is 18.0 Å². The van der Waals surface area contributed by atoms with Gasteiger partial charge in [0.15, 0.2) is 0 Å². The molecule has 1 aliphatic heterocycles. The number of aliphatic imine (C=N–C) groups is 1. The molecule has 0 aromatic heterocycles. The molecule has 1 aliphatic rings. The Morgan fingerprint density at radius 1 is 1.57 bits per heavy atom. The first-order chi connectivity index (χ1) is 3.00. The molecule has 0 aromatic carbocycles. The summed E-state index contributed by atoms with van der Waals surface area (Å²) < 4.78 is 0. The second kappa shape index (κ2) is 4.22. The summed E-state index contributed by atoms with van der Waals surface area (Å²) in [6.07, 6.45) is 3.69. The lowest BCUT2D eigenvalue weighted by atomic mass is 10.8. The minimum Gasteiger partial charge on any atom is -0.268 e. The SMILES string of the molecule is C1=CSCC=N1.Cl. The van der Waals surface area contributed by atoms with Crippen LogP contribution in [-0.2, 0) is 0 Å². The molecule has 0 amide bonds. The summed E-state index contributed by atoms with van der Waals surface area (Å²) in [5.74, 6) is 1.04. The second-order valence-corrected chi connectivity index (χ2v) is 1.89. The van der Waals surface area contributed by atoms with Gasteiger partial charge in [-0.15, -0.1) is 24.2 Å². The molecule has 1 rings (SSSR count). The molecule has 0 bridgehead atoms. The Morgan fingerprint density at radius 3 is 2.57 bits per heavy atom. The van der Waals surface area contributed by atoms with E-state index in [-0.39, 0.29) is 12.4 Å². The summed E-state index contributed by atoms with van der Waals surface area (Å²) >= 11 is 1.77. The topological polar surface area (TPSA) is 12.4 Å². The van der Waals surface area contributed by atoms with Crippen LogP contribution in [0, 0.1) is 0 Å². The molecule has 1 nitrogen and oxygen atoms in total. The monoisotopic (exact) mass is 135 g/mol. The van der Waals surface area contributed by atoms with Gasteiger partial charge in [-0.3, -0.25) is 4.99 Å². The summed E-state index contributed by atoms with van der Waals surface area (Å²) in [5, 5.41) is 1.99. The fourth-order valence-electron chi connectivity index (χ4n) is 0.281. The van der Waals surface area contributed by atoms with Crippen molar-refractivity contribution in [2.24, 2.45) is 4.99 Å². The van der Waals surface area contributed by atoms with Gasteiger partial charge in [0.1, 0.15) is 0 Å². The van der Waals surface area contributed by atoms with Crippen LogP contribution in [0.25, 0.3) is 0 Å². The highest BCUT2D eigenvalue weighted by atomic mass is 35.5. The Morgan fingerprint density at radius 2 is 2.43 bits per heavy atom. The van der Waals surface area contributed by atoms with Gasteiger partial charge in [-0.2, -0.15) is 0 Å². The van der Waals surface area contributed by atoms with Crippen molar-refractivity contribution in [3.8, 4) is 0 Å².